The molecular formula is C16H20O6. The first kappa shape index (κ1) is 16.7. The maximum Gasteiger partial charge on any atom is 0.139 e. The fourth-order valence-corrected chi connectivity index (χ4v) is 2.36. The van der Waals surface area contributed by atoms with Crippen molar-refractivity contribution in [1.82, 2.24) is 0 Å². The molecular weight excluding hydrogens is 288 g/mol. The smallest absolute Gasteiger partial charge is 0.139 e. The number of allylic oxidation sites excluding steroid dienone is 2. The molecule has 6 N–H and O–H groups in total. The van der Waals surface area contributed by atoms with Crippen LogP contribution in [0.3, 0.4) is 0 Å². The molecule has 1 aromatic rings. The van der Waals surface area contributed by atoms with Crippen molar-refractivity contribution in [1.29, 1.82) is 0 Å². The average Bonchev–Trinajstić information content (AvgIpc) is 2.57. The molecule has 0 aliphatic heterocycles. The molecule has 4 atom stereocenters. The molecule has 0 radical (unpaired) electrons. The van der Waals surface area contributed by atoms with Gasteiger partial charge in [0.1, 0.15) is 30.2 Å². The van der Waals surface area contributed by atoms with E-state index in [4.69, 9.17) is 5.11 Å². The van der Waals surface area contributed by atoms with Gasteiger partial charge in [-0.05, 0) is 16.7 Å². The van der Waals surface area contributed by atoms with Crippen LogP contribution < -0.4 is 0 Å². The molecule has 1 aromatic carbocycles. The van der Waals surface area contributed by atoms with Crippen molar-refractivity contribution in [3.8, 4) is 0 Å². The lowest BCUT2D eigenvalue weighted by atomic mass is 9.91. The predicted molar refractivity (Wildman–Crippen MR) is 79.9 cm³/mol. The lowest BCUT2D eigenvalue weighted by Gasteiger charge is -2.26. The summed E-state index contributed by atoms with van der Waals surface area (Å²) in [6.07, 6.45) is -3.18. The third-order valence-electron chi connectivity index (χ3n) is 3.76. The van der Waals surface area contributed by atoms with E-state index in [-0.39, 0.29) is 0 Å². The fourth-order valence-electron chi connectivity index (χ4n) is 2.36. The van der Waals surface area contributed by atoms with Crippen LogP contribution in [0.5, 0.6) is 0 Å². The summed E-state index contributed by atoms with van der Waals surface area (Å²) in [6.45, 7) is -0.768. The van der Waals surface area contributed by atoms with Gasteiger partial charge in [0.2, 0.25) is 0 Å². The minimum Gasteiger partial charge on any atom is -0.509 e. The summed E-state index contributed by atoms with van der Waals surface area (Å²) in [6, 6.07) is 7.56. The van der Waals surface area contributed by atoms with Gasteiger partial charge in [-0.2, -0.15) is 0 Å². The lowest BCUT2D eigenvalue weighted by Crippen LogP contribution is -2.46. The van der Waals surface area contributed by atoms with Crippen LogP contribution in [-0.2, 0) is 6.42 Å². The van der Waals surface area contributed by atoms with Crippen LogP contribution in [0.25, 0.3) is 6.08 Å². The Bertz CT molecular complexity index is 580. The minimum absolute atomic E-state index is 0.376. The summed E-state index contributed by atoms with van der Waals surface area (Å²) < 4.78 is 0. The maximum atomic E-state index is 10.1. The van der Waals surface area contributed by atoms with Gasteiger partial charge in [-0.3, -0.25) is 0 Å². The first-order valence-electron chi connectivity index (χ1n) is 6.96. The maximum absolute atomic E-state index is 10.1. The number of aliphatic hydroxyl groups is 6. The monoisotopic (exact) mass is 308 g/mol. The van der Waals surface area contributed by atoms with Gasteiger partial charge in [0.05, 0.1) is 6.61 Å². The van der Waals surface area contributed by atoms with Crippen molar-refractivity contribution in [2.75, 3.05) is 6.61 Å². The topological polar surface area (TPSA) is 121 Å². The Labute approximate surface area is 127 Å². The van der Waals surface area contributed by atoms with E-state index in [1.807, 2.05) is 24.3 Å². The van der Waals surface area contributed by atoms with Crippen LogP contribution >= 0.6 is 0 Å². The molecule has 2 rings (SSSR count). The van der Waals surface area contributed by atoms with E-state index in [9.17, 15) is 25.5 Å². The van der Waals surface area contributed by atoms with E-state index in [0.717, 1.165) is 11.1 Å². The highest BCUT2D eigenvalue weighted by molar-refractivity contribution is 5.62. The van der Waals surface area contributed by atoms with Crippen molar-refractivity contribution in [3.05, 3.63) is 52.8 Å². The minimum atomic E-state index is -1.82. The largest absolute Gasteiger partial charge is 0.509 e. The number of hydrogen-bond acceptors (Lipinski definition) is 6. The Kier molecular flexibility index (Phi) is 5.33. The van der Waals surface area contributed by atoms with Crippen molar-refractivity contribution >= 4 is 6.08 Å². The molecule has 0 bridgehead atoms. The highest BCUT2D eigenvalue weighted by Crippen LogP contribution is 2.25. The summed E-state index contributed by atoms with van der Waals surface area (Å²) in [5.41, 5.74) is 2.38. The van der Waals surface area contributed by atoms with Crippen LogP contribution in [0.4, 0.5) is 0 Å². The van der Waals surface area contributed by atoms with E-state index >= 15 is 0 Å². The number of rotatable bonds is 5. The Balaban J connectivity index is 2.19. The average molecular weight is 308 g/mol. The number of hydrogen-bond donors (Lipinski definition) is 6. The van der Waals surface area contributed by atoms with E-state index in [2.05, 4.69) is 0 Å². The molecule has 6 nitrogen and oxygen atoms in total. The highest BCUT2D eigenvalue weighted by atomic mass is 16.4. The quantitative estimate of drug-likeness (QED) is 0.408. The Morgan fingerprint density at radius 1 is 1.00 bits per heavy atom. The molecule has 6 heteroatoms. The normalized spacial score (nSPS) is 21.7. The summed E-state index contributed by atoms with van der Waals surface area (Å²) in [5.74, 6) is -0.470. The van der Waals surface area contributed by atoms with Crippen LogP contribution in [-0.4, -0.2) is 61.7 Å². The van der Waals surface area contributed by atoms with Gasteiger partial charge in [-0.1, -0.05) is 36.4 Å². The number of aliphatic hydroxyl groups excluding tert-OH is 6. The van der Waals surface area contributed by atoms with Crippen molar-refractivity contribution < 1.29 is 30.6 Å². The molecule has 120 valence electrons. The second-order valence-corrected chi connectivity index (χ2v) is 5.30. The van der Waals surface area contributed by atoms with Crippen molar-refractivity contribution in [2.24, 2.45) is 0 Å². The SMILES string of the molecule is OCC(O)C(O)C(O)C(O)C(O)=C1C=Cc2ccccc2C1. The second kappa shape index (κ2) is 7.04. The van der Waals surface area contributed by atoms with Crippen LogP contribution in [0.1, 0.15) is 11.1 Å². The highest BCUT2D eigenvalue weighted by Gasteiger charge is 2.33. The Morgan fingerprint density at radius 2 is 1.68 bits per heavy atom. The standard InChI is InChI=1S/C16H20O6/c17-8-12(18)14(20)16(22)15(21)13(19)11-6-5-9-3-1-2-4-10(9)7-11/h1-6,12,14-22H,7-8H2. The van der Waals surface area contributed by atoms with Gasteiger partial charge in [0.15, 0.2) is 0 Å². The molecule has 0 amide bonds. The van der Waals surface area contributed by atoms with Gasteiger partial charge in [0.25, 0.3) is 0 Å². The zero-order valence-electron chi connectivity index (χ0n) is 11.9. The molecule has 22 heavy (non-hydrogen) atoms. The summed E-state index contributed by atoms with van der Waals surface area (Å²) >= 11 is 0. The van der Waals surface area contributed by atoms with E-state index < -0.39 is 36.8 Å². The molecule has 0 fully saturated rings. The number of fused-ring (bicyclic) bond motifs is 1. The third kappa shape index (κ3) is 3.37. The van der Waals surface area contributed by atoms with E-state index in [0.29, 0.717) is 12.0 Å². The van der Waals surface area contributed by atoms with Gasteiger partial charge in [-0.15, -0.1) is 0 Å². The van der Waals surface area contributed by atoms with Crippen LogP contribution in [0.2, 0.25) is 0 Å². The molecule has 0 spiro atoms. The van der Waals surface area contributed by atoms with E-state index in [1.165, 1.54) is 0 Å². The molecule has 0 heterocycles. The number of benzene rings is 1. The molecule has 0 aromatic heterocycles. The van der Waals surface area contributed by atoms with E-state index in [1.54, 1.807) is 12.2 Å². The van der Waals surface area contributed by atoms with Crippen LogP contribution in [0, 0.1) is 0 Å². The molecule has 4 unspecified atom stereocenters. The molecule has 0 saturated heterocycles. The molecule has 1 aliphatic rings. The van der Waals surface area contributed by atoms with Crippen molar-refractivity contribution in [3.63, 3.8) is 0 Å². The molecule has 0 saturated carbocycles. The molecule has 1 aliphatic carbocycles. The predicted octanol–water partition coefficient (Wildman–Crippen LogP) is -0.496. The van der Waals surface area contributed by atoms with Crippen LogP contribution in [0.15, 0.2) is 41.7 Å². The Hall–Kier alpha value is -1.70. The van der Waals surface area contributed by atoms with Gasteiger partial charge in [-0.25, -0.2) is 0 Å². The zero-order chi connectivity index (χ0) is 16.3. The van der Waals surface area contributed by atoms with Gasteiger partial charge < -0.3 is 30.6 Å². The summed E-state index contributed by atoms with van der Waals surface area (Å²) in [5, 5.41) is 57.5. The van der Waals surface area contributed by atoms with Gasteiger partial charge in [0, 0.05) is 6.42 Å². The lowest BCUT2D eigenvalue weighted by molar-refractivity contribution is -0.113. The first-order chi connectivity index (χ1) is 10.5. The second-order valence-electron chi connectivity index (χ2n) is 5.30. The zero-order valence-corrected chi connectivity index (χ0v) is 11.9. The third-order valence-corrected chi connectivity index (χ3v) is 3.76. The summed E-state index contributed by atoms with van der Waals surface area (Å²) in [7, 11) is 0. The van der Waals surface area contributed by atoms with Crippen molar-refractivity contribution in [2.45, 2.75) is 30.8 Å². The Morgan fingerprint density at radius 3 is 2.36 bits per heavy atom. The fraction of sp³-hybridized carbons (Fsp3) is 0.375. The summed E-state index contributed by atoms with van der Waals surface area (Å²) in [4.78, 5) is 0. The van der Waals surface area contributed by atoms with Gasteiger partial charge >= 0.3 is 0 Å². The first-order valence-corrected chi connectivity index (χ1v) is 6.96.